The molecular weight excluding hydrogens is 160 g/mol. The van der Waals surface area contributed by atoms with E-state index in [4.69, 9.17) is 4.74 Å². The molecule has 0 spiro atoms. The molecule has 1 atom stereocenters. The molecule has 0 bridgehead atoms. The third-order valence-corrected chi connectivity index (χ3v) is 3.51. The molecule has 1 fully saturated rings. The largest absolute Gasteiger partial charge is 0.381 e. The Hall–Kier alpha value is -0.560. The van der Waals surface area contributed by atoms with Crippen LogP contribution < -0.4 is 0 Å². The van der Waals surface area contributed by atoms with Crippen molar-refractivity contribution in [1.82, 2.24) is 0 Å². The fourth-order valence-corrected chi connectivity index (χ4v) is 2.31. The van der Waals surface area contributed by atoms with E-state index < -0.39 is 0 Å². The van der Waals surface area contributed by atoms with Gasteiger partial charge in [0.2, 0.25) is 0 Å². The zero-order chi connectivity index (χ0) is 9.15. The van der Waals surface area contributed by atoms with Crippen LogP contribution in [-0.4, -0.2) is 13.2 Å². The van der Waals surface area contributed by atoms with Crippen LogP contribution in [0.4, 0.5) is 0 Å². The van der Waals surface area contributed by atoms with Crippen LogP contribution in [-0.2, 0) is 4.74 Å². The van der Waals surface area contributed by atoms with Crippen molar-refractivity contribution in [3.63, 3.8) is 0 Å². The molecule has 13 heavy (non-hydrogen) atoms. The molecule has 0 saturated carbocycles. The van der Waals surface area contributed by atoms with Gasteiger partial charge in [0.1, 0.15) is 0 Å². The van der Waals surface area contributed by atoms with Gasteiger partial charge >= 0.3 is 0 Å². The molecule has 2 aliphatic rings. The van der Waals surface area contributed by atoms with Crippen LogP contribution in [0.2, 0.25) is 0 Å². The number of ether oxygens (including phenoxy) is 1. The van der Waals surface area contributed by atoms with Crippen LogP contribution in [0.3, 0.4) is 0 Å². The van der Waals surface area contributed by atoms with E-state index in [0.29, 0.717) is 5.41 Å². The lowest BCUT2D eigenvalue weighted by molar-refractivity contribution is 0.00332. The average molecular weight is 178 g/mol. The molecule has 2 rings (SSSR count). The summed E-state index contributed by atoms with van der Waals surface area (Å²) < 4.78 is 5.41. The highest BCUT2D eigenvalue weighted by atomic mass is 16.5. The Morgan fingerprint density at radius 2 is 2.00 bits per heavy atom. The molecule has 1 saturated heterocycles. The highest BCUT2D eigenvalue weighted by Gasteiger charge is 2.33. The van der Waals surface area contributed by atoms with Gasteiger partial charge < -0.3 is 4.74 Å². The van der Waals surface area contributed by atoms with Crippen molar-refractivity contribution in [1.29, 1.82) is 0 Å². The maximum absolute atomic E-state index is 5.41. The predicted octanol–water partition coefficient (Wildman–Crippen LogP) is 2.94. The number of hydrogen-bond acceptors (Lipinski definition) is 1. The third kappa shape index (κ3) is 1.86. The van der Waals surface area contributed by atoms with Crippen molar-refractivity contribution in [2.45, 2.75) is 26.2 Å². The first-order valence-electron chi connectivity index (χ1n) is 5.22. The first kappa shape index (κ1) is 9.01. The summed E-state index contributed by atoms with van der Waals surface area (Å²) in [5.41, 5.74) is 0.486. The Kier molecular flexibility index (Phi) is 2.54. The van der Waals surface area contributed by atoms with Gasteiger partial charge in [-0.3, -0.25) is 0 Å². The lowest BCUT2D eigenvalue weighted by atomic mass is 9.69. The van der Waals surface area contributed by atoms with Crippen LogP contribution in [0.1, 0.15) is 26.2 Å². The van der Waals surface area contributed by atoms with Crippen molar-refractivity contribution in [2.75, 3.05) is 13.2 Å². The first-order valence-corrected chi connectivity index (χ1v) is 5.22. The van der Waals surface area contributed by atoms with Crippen LogP contribution >= 0.6 is 0 Å². The summed E-state index contributed by atoms with van der Waals surface area (Å²) in [6.07, 6.45) is 12.6. The monoisotopic (exact) mass is 178 g/mol. The molecule has 0 amide bonds. The molecule has 72 valence electrons. The van der Waals surface area contributed by atoms with Gasteiger partial charge in [-0.15, -0.1) is 0 Å². The van der Waals surface area contributed by atoms with E-state index in [9.17, 15) is 0 Å². The lowest BCUT2D eigenvalue weighted by Crippen LogP contribution is -2.33. The van der Waals surface area contributed by atoms with E-state index in [1.165, 1.54) is 19.3 Å². The van der Waals surface area contributed by atoms with E-state index >= 15 is 0 Å². The second-order valence-electron chi connectivity index (χ2n) is 4.42. The minimum absolute atomic E-state index is 0.486. The minimum Gasteiger partial charge on any atom is -0.381 e. The van der Waals surface area contributed by atoms with Gasteiger partial charge in [0.25, 0.3) is 0 Å². The maximum Gasteiger partial charge on any atom is 0.0471 e. The summed E-state index contributed by atoms with van der Waals surface area (Å²) in [6.45, 7) is 4.30. The van der Waals surface area contributed by atoms with Crippen molar-refractivity contribution in [2.24, 2.45) is 11.3 Å². The van der Waals surface area contributed by atoms with Gasteiger partial charge in [-0.1, -0.05) is 31.2 Å². The molecule has 0 aromatic carbocycles. The highest BCUT2D eigenvalue weighted by molar-refractivity contribution is 5.13. The highest BCUT2D eigenvalue weighted by Crippen LogP contribution is 2.41. The molecule has 1 nitrogen and oxygen atoms in total. The fraction of sp³-hybridized carbons (Fsp3) is 0.667. The SMILES string of the molecule is CC1(C2C=CC=CC2)CCOCC1. The molecular formula is C12H18O. The average Bonchev–Trinajstić information content (AvgIpc) is 2.20. The van der Waals surface area contributed by atoms with E-state index in [1.54, 1.807) is 0 Å². The van der Waals surface area contributed by atoms with Crippen LogP contribution in [0.5, 0.6) is 0 Å². The smallest absolute Gasteiger partial charge is 0.0471 e. The number of allylic oxidation sites excluding steroid dienone is 4. The summed E-state index contributed by atoms with van der Waals surface area (Å²) in [5, 5.41) is 0. The third-order valence-electron chi connectivity index (χ3n) is 3.51. The maximum atomic E-state index is 5.41. The van der Waals surface area contributed by atoms with Crippen LogP contribution in [0, 0.1) is 11.3 Å². The summed E-state index contributed by atoms with van der Waals surface area (Å²) >= 11 is 0. The number of rotatable bonds is 1. The standard InChI is InChI=1S/C12H18O/c1-12(7-9-13-10-8-12)11-5-3-2-4-6-11/h2-5,11H,6-10H2,1H3. The molecule has 1 heterocycles. The van der Waals surface area contributed by atoms with Crippen molar-refractivity contribution >= 4 is 0 Å². The second-order valence-corrected chi connectivity index (χ2v) is 4.42. The fourth-order valence-electron chi connectivity index (χ4n) is 2.31. The van der Waals surface area contributed by atoms with Crippen LogP contribution in [0.15, 0.2) is 24.3 Å². The normalized spacial score (nSPS) is 31.9. The molecule has 0 radical (unpaired) electrons. The zero-order valence-corrected chi connectivity index (χ0v) is 8.33. The van der Waals surface area contributed by atoms with Gasteiger partial charge in [0.15, 0.2) is 0 Å². The summed E-state index contributed by atoms with van der Waals surface area (Å²) in [4.78, 5) is 0. The van der Waals surface area contributed by atoms with Gasteiger partial charge in [0.05, 0.1) is 0 Å². The van der Waals surface area contributed by atoms with E-state index in [1.807, 2.05) is 0 Å². The van der Waals surface area contributed by atoms with Gasteiger partial charge in [-0.2, -0.15) is 0 Å². The Balaban J connectivity index is 2.04. The Labute approximate surface area is 80.5 Å². The molecule has 1 heteroatoms. The Morgan fingerprint density at radius 1 is 1.23 bits per heavy atom. The first-order chi connectivity index (χ1) is 6.31. The Morgan fingerprint density at radius 3 is 2.62 bits per heavy atom. The van der Waals surface area contributed by atoms with E-state index in [0.717, 1.165) is 19.1 Å². The Bertz CT molecular complexity index is 221. The topological polar surface area (TPSA) is 9.23 Å². The second kappa shape index (κ2) is 3.67. The predicted molar refractivity (Wildman–Crippen MR) is 54.5 cm³/mol. The lowest BCUT2D eigenvalue weighted by Gasteiger charge is -2.39. The van der Waals surface area contributed by atoms with Crippen LogP contribution in [0.25, 0.3) is 0 Å². The van der Waals surface area contributed by atoms with Crippen molar-refractivity contribution < 1.29 is 4.74 Å². The zero-order valence-electron chi connectivity index (χ0n) is 8.33. The van der Waals surface area contributed by atoms with Gasteiger partial charge in [-0.05, 0) is 30.6 Å². The number of hydrogen-bond donors (Lipinski definition) is 0. The quantitative estimate of drug-likeness (QED) is 0.600. The molecule has 0 N–H and O–H groups in total. The van der Waals surface area contributed by atoms with Gasteiger partial charge in [-0.25, -0.2) is 0 Å². The summed E-state index contributed by atoms with van der Waals surface area (Å²) in [5.74, 6) is 0.737. The van der Waals surface area contributed by atoms with E-state index in [2.05, 4.69) is 31.2 Å². The summed E-state index contributed by atoms with van der Waals surface area (Å²) in [6, 6.07) is 0. The van der Waals surface area contributed by atoms with Crippen molar-refractivity contribution in [3.05, 3.63) is 24.3 Å². The molecule has 0 aromatic rings. The summed E-state index contributed by atoms with van der Waals surface area (Å²) in [7, 11) is 0. The molecule has 1 unspecified atom stereocenters. The molecule has 1 aliphatic carbocycles. The van der Waals surface area contributed by atoms with E-state index in [-0.39, 0.29) is 0 Å². The molecule has 0 aromatic heterocycles. The van der Waals surface area contributed by atoms with Crippen molar-refractivity contribution in [3.8, 4) is 0 Å². The minimum atomic E-state index is 0.486. The van der Waals surface area contributed by atoms with Gasteiger partial charge in [0, 0.05) is 13.2 Å². The molecule has 1 aliphatic heterocycles.